The van der Waals surface area contributed by atoms with E-state index in [0.717, 1.165) is 25.7 Å². The van der Waals surface area contributed by atoms with Crippen molar-refractivity contribution in [3.63, 3.8) is 0 Å². The number of hydrogen-bond donors (Lipinski definition) is 2. The predicted octanol–water partition coefficient (Wildman–Crippen LogP) is 3.76. The second-order valence-electron chi connectivity index (χ2n) is 4.48. The fourth-order valence-corrected chi connectivity index (χ4v) is 1.91. The Labute approximate surface area is 107 Å². The molecular formula is C14H20F2N2. The maximum Gasteiger partial charge on any atom is 0.169 e. The molecule has 0 aliphatic carbocycles. The van der Waals surface area contributed by atoms with Gasteiger partial charge in [0.05, 0.1) is 5.56 Å². The first-order chi connectivity index (χ1) is 8.57. The van der Waals surface area contributed by atoms with Crippen LogP contribution in [0.4, 0.5) is 8.78 Å². The molecule has 0 atom stereocenters. The molecule has 1 aromatic carbocycles. The molecule has 18 heavy (non-hydrogen) atoms. The molecule has 0 heterocycles. The molecule has 2 nitrogen and oxygen atoms in total. The van der Waals surface area contributed by atoms with E-state index in [9.17, 15) is 8.78 Å². The molecular weight excluding hydrogens is 234 g/mol. The predicted molar refractivity (Wildman–Crippen MR) is 69.8 cm³/mol. The first-order valence-corrected chi connectivity index (χ1v) is 6.39. The molecule has 0 amide bonds. The van der Waals surface area contributed by atoms with Crippen molar-refractivity contribution in [2.45, 2.75) is 45.4 Å². The largest absolute Gasteiger partial charge is 0.384 e. The van der Waals surface area contributed by atoms with E-state index in [4.69, 9.17) is 11.1 Å². The quantitative estimate of drug-likeness (QED) is 0.434. The topological polar surface area (TPSA) is 49.9 Å². The Morgan fingerprint density at radius 3 is 2.39 bits per heavy atom. The highest BCUT2D eigenvalue weighted by Gasteiger charge is 2.14. The SMILES string of the molecule is CCCCCCCc1ccc(C(=N)N)c(F)c1F. The molecule has 100 valence electrons. The normalized spacial score (nSPS) is 10.6. The third-order valence-electron chi connectivity index (χ3n) is 3.00. The summed E-state index contributed by atoms with van der Waals surface area (Å²) in [5, 5.41) is 7.13. The Bertz CT molecular complexity index is 417. The standard InChI is InChI=1S/C14H20F2N2/c1-2-3-4-5-6-7-10-8-9-11(14(17)18)13(16)12(10)15/h8-9H,2-7H2,1H3,(H3,17,18). The van der Waals surface area contributed by atoms with Crippen LogP contribution in [0, 0.1) is 17.0 Å². The lowest BCUT2D eigenvalue weighted by Gasteiger charge is -2.07. The molecule has 0 saturated heterocycles. The van der Waals surface area contributed by atoms with Gasteiger partial charge in [-0.15, -0.1) is 0 Å². The zero-order chi connectivity index (χ0) is 13.5. The molecule has 0 radical (unpaired) electrons. The van der Waals surface area contributed by atoms with Gasteiger partial charge in [-0.1, -0.05) is 38.7 Å². The zero-order valence-electron chi connectivity index (χ0n) is 10.7. The van der Waals surface area contributed by atoms with Crippen LogP contribution in [0.2, 0.25) is 0 Å². The van der Waals surface area contributed by atoms with Crippen molar-refractivity contribution in [3.05, 3.63) is 34.9 Å². The fraction of sp³-hybridized carbons (Fsp3) is 0.500. The second-order valence-corrected chi connectivity index (χ2v) is 4.48. The number of nitrogens with two attached hydrogens (primary N) is 1. The Morgan fingerprint density at radius 2 is 1.78 bits per heavy atom. The molecule has 0 saturated carbocycles. The van der Waals surface area contributed by atoms with Crippen molar-refractivity contribution in [1.29, 1.82) is 5.41 Å². The van der Waals surface area contributed by atoms with Gasteiger partial charge in [0.2, 0.25) is 0 Å². The second kappa shape index (κ2) is 7.09. The number of nitrogens with one attached hydrogen (secondary N) is 1. The highest BCUT2D eigenvalue weighted by Crippen LogP contribution is 2.18. The highest BCUT2D eigenvalue weighted by atomic mass is 19.2. The van der Waals surface area contributed by atoms with Crippen molar-refractivity contribution in [3.8, 4) is 0 Å². The lowest BCUT2D eigenvalue weighted by Crippen LogP contribution is -2.15. The highest BCUT2D eigenvalue weighted by molar-refractivity contribution is 5.95. The molecule has 0 unspecified atom stereocenters. The summed E-state index contributed by atoms with van der Waals surface area (Å²) >= 11 is 0. The van der Waals surface area contributed by atoms with E-state index >= 15 is 0 Å². The van der Waals surface area contributed by atoms with E-state index in [1.165, 1.54) is 18.6 Å². The number of hydrogen-bond acceptors (Lipinski definition) is 1. The van der Waals surface area contributed by atoms with Crippen LogP contribution < -0.4 is 5.73 Å². The third kappa shape index (κ3) is 3.79. The van der Waals surface area contributed by atoms with E-state index < -0.39 is 17.5 Å². The number of unbranched alkanes of at least 4 members (excludes halogenated alkanes) is 4. The molecule has 4 heteroatoms. The van der Waals surface area contributed by atoms with E-state index in [-0.39, 0.29) is 5.56 Å². The monoisotopic (exact) mass is 254 g/mol. The fourth-order valence-electron chi connectivity index (χ4n) is 1.91. The van der Waals surface area contributed by atoms with Gasteiger partial charge in [-0.05, 0) is 24.5 Å². The van der Waals surface area contributed by atoms with Crippen LogP contribution in [0.1, 0.15) is 50.2 Å². The molecule has 1 rings (SSSR count). The van der Waals surface area contributed by atoms with Crippen LogP contribution in [0.5, 0.6) is 0 Å². The number of halogens is 2. The molecule has 0 spiro atoms. The van der Waals surface area contributed by atoms with Crippen molar-refractivity contribution in [1.82, 2.24) is 0 Å². The van der Waals surface area contributed by atoms with Crippen molar-refractivity contribution >= 4 is 5.84 Å². The summed E-state index contributed by atoms with van der Waals surface area (Å²) in [6, 6.07) is 2.90. The summed E-state index contributed by atoms with van der Waals surface area (Å²) in [6.45, 7) is 2.13. The van der Waals surface area contributed by atoms with Crippen molar-refractivity contribution in [2.24, 2.45) is 5.73 Å². The summed E-state index contributed by atoms with van der Waals surface area (Å²) in [5.41, 5.74) is 5.37. The first kappa shape index (κ1) is 14.6. The van der Waals surface area contributed by atoms with E-state index in [1.54, 1.807) is 0 Å². The Morgan fingerprint density at radius 1 is 1.11 bits per heavy atom. The minimum Gasteiger partial charge on any atom is -0.384 e. The lowest BCUT2D eigenvalue weighted by molar-refractivity contribution is 0.493. The number of benzene rings is 1. The smallest absolute Gasteiger partial charge is 0.169 e. The molecule has 0 fully saturated rings. The van der Waals surface area contributed by atoms with Gasteiger partial charge in [0.25, 0.3) is 0 Å². The van der Waals surface area contributed by atoms with Gasteiger partial charge in [-0.25, -0.2) is 8.78 Å². The van der Waals surface area contributed by atoms with Crippen LogP contribution in [0.3, 0.4) is 0 Å². The van der Waals surface area contributed by atoms with Gasteiger partial charge in [0.15, 0.2) is 11.6 Å². The van der Waals surface area contributed by atoms with Crippen LogP contribution in [-0.4, -0.2) is 5.84 Å². The van der Waals surface area contributed by atoms with Crippen LogP contribution >= 0.6 is 0 Å². The van der Waals surface area contributed by atoms with Crippen LogP contribution in [0.25, 0.3) is 0 Å². The van der Waals surface area contributed by atoms with Gasteiger partial charge >= 0.3 is 0 Å². The molecule has 0 aliphatic heterocycles. The summed E-state index contributed by atoms with van der Waals surface area (Å²) in [4.78, 5) is 0. The van der Waals surface area contributed by atoms with Crippen molar-refractivity contribution in [2.75, 3.05) is 0 Å². The average Bonchev–Trinajstić information content (AvgIpc) is 2.33. The molecule has 0 aliphatic rings. The van der Waals surface area contributed by atoms with Crippen molar-refractivity contribution < 1.29 is 8.78 Å². The van der Waals surface area contributed by atoms with Crippen LogP contribution in [0.15, 0.2) is 12.1 Å². The van der Waals surface area contributed by atoms with E-state index in [2.05, 4.69) is 6.92 Å². The summed E-state index contributed by atoms with van der Waals surface area (Å²) in [6.07, 6.45) is 5.90. The van der Waals surface area contributed by atoms with Gasteiger partial charge in [-0.3, -0.25) is 5.41 Å². The number of aryl methyl sites for hydroxylation is 1. The zero-order valence-corrected chi connectivity index (χ0v) is 10.7. The Hall–Kier alpha value is -1.45. The lowest BCUT2D eigenvalue weighted by atomic mass is 10.0. The van der Waals surface area contributed by atoms with Gasteiger partial charge < -0.3 is 5.73 Å². The number of rotatable bonds is 7. The van der Waals surface area contributed by atoms with E-state index in [0.29, 0.717) is 12.0 Å². The third-order valence-corrected chi connectivity index (χ3v) is 3.00. The molecule has 0 aromatic heterocycles. The number of nitrogen functional groups attached to an aromatic ring is 1. The molecule has 3 N–H and O–H groups in total. The molecule has 0 bridgehead atoms. The maximum atomic E-state index is 13.7. The van der Waals surface area contributed by atoms with E-state index in [1.807, 2.05) is 0 Å². The minimum absolute atomic E-state index is 0.165. The summed E-state index contributed by atoms with van der Waals surface area (Å²) in [5.74, 6) is -2.31. The Kier molecular flexibility index (Phi) is 5.75. The van der Waals surface area contributed by atoms with Gasteiger partial charge in [-0.2, -0.15) is 0 Å². The summed E-state index contributed by atoms with van der Waals surface area (Å²) < 4.78 is 27.2. The minimum atomic E-state index is -1.01. The summed E-state index contributed by atoms with van der Waals surface area (Å²) in [7, 11) is 0. The molecule has 1 aromatic rings. The number of amidine groups is 1. The maximum absolute atomic E-state index is 13.7. The Balaban J connectivity index is 2.62. The van der Waals surface area contributed by atoms with Crippen LogP contribution in [-0.2, 0) is 6.42 Å². The average molecular weight is 254 g/mol. The van der Waals surface area contributed by atoms with Gasteiger partial charge in [0, 0.05) is 0 Å². The van der Waals surface area contributed by atoms with Gasteiger partial charge in [0.1, 0.15) is 5.84 Å². The first-order valence-electron chi connectivity index (χ1n) is 6.39.